The molecule has 1 aromatic rings. The first-order valence-corrected chi connectivity index (χ1v) is 7.12. The number of nitrogens with one attached hydrogen (secondary N) is 1. The third kappa shape index (κ3) is 3.05. The number of aliphatic hydroxyl groups is 1. The molecule has 102 valence electrons. The van der Waals surface area contributed by atoms with Gasteiger partial charge in [0.1, 0.15) is 0 Å². The molecule has 0 spiro atoms. The van der Waals surface area contributed by atoms with Crippen LogP contribution in [-0.2, 0) is 0 Å². The molecule has 2 unspecified atom stereocenters. The van der Waals surface area contributed by atoms with Gasteiger partial charge in [-0.15, -0.1) is 0 Å². The second-order valence-electron chi connectivity index (χ2n) is 5.25. The first-order valence-electron chi connectivity index (χ1n) is 6.74. The van der Waals surface area contributed by atoms with Gasteiger partial charge in [0.25, 0.3) is 0 Å². The predicted molar refractivity (Wildman–Crippen MR) is 72.9 cm³/mol. The maximum absolute atomic E-state index is 9.72. The molecule has 0 amide bonds. The number of aromatic nitrogens is 2. The summed E-state index contributed by atoms with van der Waals surface area (Å²) in [6, 6.07) is 0.336. The van der Waals surface area contributed by atoms with Crippen molar-refractivity contribution in [1.29, 1.82) is 0 Å². The van der Waals surface area contributed by atoms with Gasteiger partial charge in [-0.3, -0.25) is 4.68 Å². The SMILES string of the molecule is CCCNC1(CO)CCCC(n2cc(Cl)cn2)C1. The van der Waals surface area contributed by atoms with Gasteiger partial charge >= 0.3 is 0 Å². The summed E-state index contributed by atoms with van der Waals surface area (Å²) < 4.78 is 1.94. The topological polar surface area (TPSA) is 50.1 Å². The van der Waals surface area contributed by atoms with Crippen molar-refractivity contribution >= 4 is 11.6 Å². The fraction of sp³-hybridized carbons (Fsp3) is 0.769. The second kappa shape index (κ2) is 6.04. The summed E-state index contributed by atoms with van der Waals surface area (Å²) in [5.74, 6) is 0. The Bertz CT molecular complexity index is 382. The van der Waals surface area contributed by atoms with E-state index >= 15 is 0 Å². The summed E-state index contributed by atoms with van der Waals surface area (Å²) in [7, 11) is 0. The van der Waals surface area contributed by atoms with E-state index in [-0.39, 0.29) is 12.1 Å². The summed E-state index contributed by atoms with van der Waals surface area (Å²) >= 11 is 5.92. The molecule has 1 aliphatic carbocycles. The lowest BCUT2D eigenvalue weighted by Crippen LogP contribution is -2.52. The van der Waals surface area contributed by atoms with Crippen LogP contribution in [0.15, 0.2) is 12.4 Å². The molecule has 1 aromatic heterocycles. The van der Waals surface area contributed by atoms with Gasteiger partial charge < -0.3 is 10.4 Å². The van der Waals surface area contributed by atoms with Crippen LogP contribution in [0, 0.1) is 0 Å². The van der Waals surface area contributed by atoms with Crippen LogP contribution >= 0.6 is 11.6 Å². The average Bonchev–Trinajstić information content (AvgIpc) is 2.83. The zero-order valence-electron chi connectivity index (χ0n) is 10.9. The molecule has 1 aliphatic rings. The highest BCUT2D eigenvalue weighted by atomic mass is 35.5. The van der Waals surface area contributed by atoms with Crippen molar-refractivity contribution in [3.05, 3.63) is 17.4 Å². The summed E-state index contributed by atoms with van der Waals surface area (Å²) in [4.78, 5) is 0. The van der Waals surface area contributed by atoms with Gasteiger partial charge in [-0.1, -0.05) is 18.5 Å². The van der Waals surface area contributed by atoms with Crippen molar-refractivity contribution in [1.82, 2.24) is 15.1 Å². The van der Waals surface area contributed by atoms with Crippen LogP contribution in [0.2, 0.25) is 5.02 Å². The second-order valence-corrected chi connectivity index (χ2v) is 5.69. The molecule has 1 fully saturated rings. The fourth-order valence-electron chi connectivity index (χ4n) is 2.82. The van der Waals surface area contributed by atoms with E-state index in [4.69, 9.17) is 11.6 Å². The quantitative estimate of drug-likeness (QED) is 0.865. The number of hydrogen-bond donors (Lipinski definition) is 2. The standard InChI is InChI=1S/C13H22ClN3O/c1-2-6-15-13(10-18)5-3-4-12(7-13)17-9-11(14)8-16-17/h8-9,12,15,18H,2-7,10H2,1H3. The highest BCUT2D eigenvalue weighted by molar-refractivity contribution is 6.30. The number of aliphatic hydroxyl groups excluding tert-OH is 1. The Balaban J connectivity index is 2.06. The van der Waals surface area contributed by atoms with Gasteiger partial charge in [0, 0.05) is 11.7 Å². The molecule has 0 aromatic carbocycles. The third-order valence-electron chi connectivity index (χ3n) is 3.82. The largest absolute Gasteiger partial charge is 0.394 e. The third-order valence-corrected chi connectivity index (χ3v) is 4.01. The molecular weight excluding hydrogens is 250 g/mol. The van der Waals surface area contributed by atoms with Crippen LogP contribution in [0.4, 0.5) is 0 Å². The van der Waals surface area contributed by atoms with Crippen molar-refractivity contribution < 1.29 is 5.11 Å². The predicted octanol–water partition coefficient (Wildman–Crippen LogP) is 2.38. The zero-order valence-corrected chi connectivity index (χ0v) is 11.7. The van der Waals surface area contributed by atoms with E-state index in [1.807, 2.05) is 10.9 Å². The lowest BCUT2D eigenvalue weighted by molar-refractivity contribution is 0.0947. The highest BCUT2D eigenvalue weighted by Crippen LogP contribution is 2.35. The minimum atomic E-state index is -0.142. The van der Waals surface area contributed by atoms with Gasteiger partial charge in [0.05, 0.1) is 23.9 Å². The van der Waals surface area contributed by atoms with E-state index < -0.39 is 0 Å². The van der Waals surface area contributed by atoms with Gasteiger partial charge in [0.2, 0.25) is 0 Å². The number of hydrogen-bond acceptors (Lipinski definition) is 3. The van der Waals surface area contributed by atoms with Gasteiger partial charge in [-0.05, 0) is 38.6 Å². The first kappa shape index (κ1) is 13.8. The Morgan fingerprint density at radius 1 is 1.67 bits per heavy atom. The molecule has 1 heterocycles. The van der Waals surface area contributed by atoms with Crippen LogP contribution < -0.4 is 5.32 Å². The highest BCUT2D eigenvalue weighted by Gasteiger charge is 2.36. The van der Waals surface area contributed by atoms with Crippen molar-refractivity contribution in [3.8, 4) is 0 Å². The Morgan fingerprint density at radius 2 is 2.50 bits per heavy atom. The molecular formula is C13H22ClN3O. The average molecular weight is 272 g/mol. The minimum Gasteiger partial charge on any atom is -0.394 e. The number of rotatable bonds is 5. The molecule has 2 rings (SSSR count). The van der Waals surface area contributed by atoms with E-state index in [2.05, 4.69) is 17.3 Å². The van der Waals surface area contributed by atoms with Crippen LogP contribution in [0.1, 0.15) is 45.1 Å². The molecule has 2 atom stereocenters. The van der Waals surface area contributed by atoms with Crippen LogP contribution in [0.3, 0.4) is 0 Å². The Kier molecular flexibility index (Phi) is 4.65. The monoisotopic (exact) mass is 271 g/mol. The molecule has 2 N–H and O–H groups in total. The molecule has 0 bridgehead atoms. The summed E-state index contributed by atoms with van der Waals surface area (Å²) in [5.41, 5.74) is -0.142. The maximum atomic E-state index is 9.72. The molecule has 0 radical (unpaired) electrons. The summed E-state index contributed by atoms with van der Waals surface area (Å²) in [6.45, 7) is 3.29. The van der Waals surface area contributed by atoms with E-state index in [1.54, 1.807) is 6.20 Å². The van der Waals surface area contributed by atoms with Crippen molar-refractivity contribution in [2.24, 2.45) is 0 Å². The van der Waals surface area contributed by atoms with Gasteiger partial charge in [0.15, 0.2) is 0 Å². The Morgan fingerprint density at radius 3 is 3.11 bits per heavy atom. The lowest BCUT2D eigenvalue weighted by Gasteiger charge is -2.40. The molecule has 0 aliphatic heterocycles. The Hall–Kier alpha value is -0.580. The van der Waals surface area contributed by atoms with E-state index in [9.17, 15) is 5.11 Å². The zero-order chi connectivity index (χ0) is 13.0. The minimum absolute atomic E-state index is 0.142. The van der Waals surface area contributed by atoms with E-state index in [0.717, 1.165) is 38.6 Å². The van der Waals surface area contributed by atoms with Crippen molar-refractivity contribution in [2.75, 3.05) is 13.2 Å². The molecule has 18 heavy (non-hydrogen) atoms. The lowest BCUT2D eigenvalue weighted by atomic mass is 9.79. The van der Waals surface area contributed by atoms with Gasteiger partial charge in [-0.2, -0.15) is 5.10 Å². The van der Waals surface area contributed by atoms with E-state index in [0.29, 0.717) is 11.1 Å². The summed E-state index contributed by atoms with van der Waals surface area (Å²) in [5, 5.41) is 18.2. The molecule has 1 saturated carbocycles. The summed E-state index contributed by atoms with van der Waals surface area (Å²) in [6.07, 6.45) is 8.80. The maximum Gasteiger partial charge on any atom is 0.0785 e. The number of nitrogens with zero attached hydrogens (tertiary/aromatic N) is 2. The Labute approximate surface area is 113 Å². The van der Waals surface area contributed by atoms with E-state index in [1.165, 1.54) is 0 Å². The van der Waals surface area contributed by atoms with Crippen LogP contribution in [0.5, 0.6) is 0 Å². The molecule has 5 heteroatoms. The normalized spacial score (nSPS) is 28.5. The number of halogens is 1. The van der Waals surface area contributed by atoms with Gasteiger partial charge in [-0.25, -0.2) is 0 Å². The first-order chi connectivity index (χ1) is 8.69. The molecule has 0 saturated heterocycles. The van der Waals surface area contributed by atoms with Crippen LogP contribution in [-0.4, -0.2) is 33.6 Å². The fourth-order valence-corrected chi connectivity index (χ4v) is 2.97. The smallest absolute Gasteiger partial charge is 0.0785 e. The van der Waals surface area contributed by atoms with Crippen LogP contribution in [0.25, 0.3) is 0 Å². The van der Waals surface area contributed by atoms with Crippen molar-refractivity contribution in [2.45, 2.75) is 50.6 Å². The molecule has 4 nitrogen and oxygen atoms in total. The van der Waals surface area contributed by atoms with Crippen molar-refractivity contribution in [3.63, 3.8) is 0 Å².